The SMILES string of the molecule is NS(=O)(=O)c1ccc2c(c1)CCN2CC(=O)NC1(c2ccccc2)CCC1. The molecular formula is C20H23N3O3S. The van der Waals surface area contributed by atoms with Crippen LogP contribution in [-0.2, 0) is 26.8 Å². The zero-order valence-corrected chi connectivity index (χ0v) is 15.8. The lowest BCUT2D eigenvalue weighted by Crippen LogP contribution is -2.53. The Morgan fingerprint density at radius 2 is 1.89 bits per heavy atom. The van der Waals surface area contributed by atoms with Crippen molar-refractivity contribution in [2.75, 3.05) is 18.0 Å². The average Bonchev–Trinajstić information content (AvgIpc) is 3.00. The highest BCUT2D eigenvalue weighted by molar-refractivity contribution is 7.89. The first-order chi connectivity index (χ1) is 12.9. The number of hydrogen-bond acceptors (Lipinski definition) is 4. The molecule has 0 unspecified atom stereocenters. The standard InChI is InChI=1S/C20H23N3O3S/c21-27(25,26)17-7-8-18-15(13-17)9-12-23(18)14-19(24)22-20(10-4-11-20)16-5-2-1-3-6-16/h1-3,5-8,13H,4,9-12,14H2,(H,22,24)(H2,21,25,26). The van der Waals surface area contributed by atoms with Crippen LogP contribution in [0.15, 0.2) is 53.4 Å². The molecule has 2 aliphatic rings. The van der Waals surface area contributed by atoms with Gasteiger partial charge in [-0.15, -0.1) is 0 Å². The van der Waals surface area contributed by atoms with Crippen molar-refractivity contribution in [3.8, 4) is 0 Å². The number of anilines is 1. The number of sulfonamides is 1. The predicted molar refractivity (Wildman–Crippen MR) is 104 cm³/mol. The number of carbonyl (C=O) groups is 1. The quantitative estimate of drug-likeness (QED) is 0.822. The summed E-state index contributed by atoms with van der Waals surface area (Å²) < 4.78 is 23.0. The topological polar surface area (TPSA) is 92.5 Å². The highest BCUT2D eigenvalue weighted by atomic mass is 32.2. The lowest BCUT2D eigenvalue weighted by molar-refractivity contribution is -0.123. The molecule has 1 aliphatic heterocycles. The van der Waals surface area contributed by atoms with Crippen LogP contribution in [0.25, 0.3) is 0 Å². The van der Waals surface area contributed by atoms with E-state index < -0.39 is 10.0 Å². The van der Waals surface area contributed by atoms with Crippen molar-refractivity contribution >= 4 is 21.6 Å². The highest BCUT2D eigenvalue weighted by Gasteiger charge is 2.40. The molecule has 27 heavy (non-hydrogen) atoms. The van der Waals surface area contributed by atoms with Gasteiger partial charge in [0.15, 0.2) is 0 Å². The van der Waals surface area contributed by atoms with Crippen LogP contribution in [0.5, 0.6) is 0 Å². The number of primary sulfonamides is 1. The summed E-state index contributed by atoms with van der Waals surface area (Å²) in [6, 6.07) is 15.0. The number of nitrogens with two attached hydrogens (primary N) is 1. The first-order valence-corrected chi connectivity index (χ1v) is 10.7. The number of nitrogens with zero attached hydrogens (tertiary/aromatic N) is 1. The van der Waals surface area contributed by atoms with Crippen molar-refractivity contribution in [2.24, 2.45) is 5.14 Å². The van der Waals surface area contributed by atoms with E-state index in [0.29, 0.717) is 13.0 Å². The minimum absolute atomic E-state index is 0.0121. The number of hydrogen-bond donors (Lipinski definition) is 2. The van der Waals surface area contributed by atoms with Crippen molar-refractivity contribution in [3.05, 3.63) is 59.7 Å². The van der Waals surface area contributed by atoms with Gasteiger partial charge in [-0.25, -0.2) is 13.6 Å². The van der Waals surface area contributed by atoms with Gasteiger partial charge in [0.05, 0.1) is 17.0 Å². The Bertz CT molecular complexity index is 969. The third-order valence-electron chi connectivity index (χ3n) is 5.62. The second-order valence-corrected chi connectivity index (χ2v) is 8.92. The maximum Gasteiger partial charge on any atom is 0.240 e. The van der Waals surface area contributed by atoms with Crippen LogP contribution in [0, 0.1) is 0 Å². The fourth-order valence-electron chi connectivity index (χ4n) is 4.04. The Morgan fingerprint density at radius 3 is 2.52 bits per heavy atom. The summed E-state index contributed by atoms with van der Waals surface area (Å²) in [4.78, 5) is 14.9. The molecule has 0 radical (unpaired) electrons. The van der Waals surface area contributed by atoms with Crippen LogP contribution < -0.4 is 15.4 Å². The van der Waals surface area contributed by atoms with Crippen molar-refractivity contribution in [3.63, 3.8) is 0 Å². The second kappa shape index (κ2) is 6.65. The summed E-state index contributed by atoms with van der Waals surface area (Å²) in [5.74, 6) is -0.0121. The molecule has 0 aromatic heterocycles. The average molecular weight is 385 g/mol. The van der Waals surface area contributed by atoms with Gasteiger partial charge in [-0.3, -0.25) is 4.79 Å². The minimum atomic E-state index is -3.71. The number of nitrogens with one attached hydrogen (secondary N) is 1. The van der Waals surface area contributed by atoms with Gasteiger partial charge in [-0.05, 0) is 55.0 Å². The maximum absolute atomic E-state index is 12.7. The molecule has 1 heterocycles. The largest absolute Gasteiger partial charge is 0.362 e. The molecule has 4 rings (SSSR count). The van der Waals surface area contributed by atoms with Crippen LogP contribution >= 0.6 is 0 Å². The molecule has 3 N–H and O–H groups in total. The van der Waals surface area contributed by atoms with Gasteiger partial charge in [-0.2, -0.15) is 0 Å². The summed E-state index contributed by atoms with van der Waals surface area (Å²) in [7, 11) is -3.71. The van der Waals surface area contributed by atoms with E-state index in [2.05, 4.69) is 17.4 Å². The fourth-order valence-corrected chi connectivity index (χ4v) is 4.61. The lowest BCUT2D eigenvalue weighted by Gasteiger charge is -2.43. The molecule has 0 bridgehead atoms. The summed E-state index contributed by atoms with van der Waals surface area (Å²) in [5, 5.41) is 8.45. The number of fused-ring (bicyclic) bond motifs is 1. The van der Waals surface area contributed by atoms with Crippen LogP contribution in [0.1, 0.15) is 30.4 Å². The molecule has 1 aliphatic carbocycles. The molecular weight excluding hydrogens is 362 g/mol. The van der Waals surface area contributed by atoms with E-state index in [-0.39, 0.29) is 22.9 Å². The molecule has 0 saturated heterocycles. The Hall–Kier alpha value is -2.38. The summed E-state index contributed by atoms with van der Waals surface area (Å²) in [6.45, 7) is 0.950. The Balaban J connectivity index is 1.48. The van der Waals surface area contributed by atoms with Gasteiger partial charge in [-0.1, -0.05) is 30.3 Å². The third-order valence-corrected chi connectivity index (χ3v) is 6.53. The lowest BCUT2D eigenvalue weighted by atomic mass is 9.72. The van der Waals surface area contributed by atoms with E-state index in [1.54, 1.807) is 12.1 Å². The normalized spacial score (nSPS) is 17.9. The molecule has 6 nitrogen and oxygen atoms in total. The van der Waals surface area contributed by atoms with Crippen molar-refractivity contribution in [1.29, 1.82) is 0 Å². The van der Waals surface area contributed by atoms with Crippen LogP contribution in [0.2, 0.25) is 0 Å². The van der Waals surface area contributed by atoms with Crippen molar-refractivity contribution in [1.82, 2.24) is 5.32 Å². The van der Waals surface area contributed by atoms with E-state index in [4.69, 9.17) is 5.14 Å². The van der Waals surface area contributed by atoms with Gasteiger partial charge >= 0.3 is 0 Å². The van der Waals surface area contributed by atoms with Crippen molar-refractivity contribution in [2.45, 2.75) is 36.1 Å². The van der Waals surface area contributed by atoms with Gasteiger partial charge in [0.25, 0.3) is 0 Å². The Morgan fingerprint density at radius 1 is 1.15 bits per heavy atom. The van der Waals surface area contributed by atoms with Crippen LogP contribution in [-0.4, -0.2) is 27.4 Å². The van der Waals surface area contributed by atoms with E-state index in [0.717, 1.165) is 36.1 Å². The smallest absolute Gasteiger partial charge is 0.240 e. The Labute approximate surface area is 159 Å². The van der Waals surface area contributed by atoms with Crippen molar-refractivity contribution < 1.29 is 13.2 Å². The molecule has 1 amide bonds. The van der Waals surface area contributed by atoms with Gasteiger partial charge in [0.2, 0.25) is 15.9 Å². The molecule has 0 atom stereocenters. The number of benzene rings is 2. The fraction of sp³-hybridized carbons (Fsp3) is 0.350. The molecule has 2 aromatic rings. The van der Waals surface area contributed by atoms with Gasteiger partial charge in [0.1, 0.15) is 0 Å². The zero-order chi connectivity index (χ0) is 19.1. The zero-order valence-electron chi connectivity index (χ0n) is 15.0. The molecule has 2 aromatic carbocycles. The second-order valence-electron chi connectivity index (χ2n) is 7.36. The molecule has 142 valence electrons. The predicted octanol–water partition coefficient (Wildman–Crippen LogP) is 1.89. The molecule has 1 saturated carbocycles. The van der Waals surface area contributed by atoms with Crippen LogP contribution in [0.3, 0.4) is 0 Å². The molecule has 1 fully saturated rings. The van der Waals surface area contributed by atoms with Gasteiger partial charge in [0, 0.05) is 12.2 Å². The molecule has 0 spiro atoms. The number of amides is 1. The van der Waals surface area contributed by atoms with E-state index in [1.807, 2.05) is 23.1 Å². The maximum atomic E-state index is 12.7. The number of carbonyl (C=O) groups excluding carboxylic acids is 1. The van der Waals surface area contributed by atoms with E-state index >= 15 is 0 Å². The summed E-state index contributed by atoms with van der Waals surface area (Å²) in [5.41, 5.74) is 2.72. The first kappa shape index (κ1) is 18.0. The highest BCUT2D eigenvalue weighted by Crippen LogP contribution is 2.41. The van der Waals surface area contributed by atoms with Crippen LogP contribution in [0.4, 0.5) is 5.69 Å². The third kappa shape index (κ3) is 3.44. The first-order valence-electron chi connectivity index (χ1n) is 9.15. The summed E-state index contributed by atoms with van der Waals surface area (Å²) in [6.07, 6.45) is 3.72. The molecule has 7 heteroatoms. The van der Waals surface area contributed by atoms with E-state index in [9.17, 15) is 13.2 Å². The Kier molecular flexibility index (Phi) is 4.44. The summed E-state index contributed by atoms with van der Waals surface area (Å²) >= 11 is 0. The minimum Gasteiger partial charge on any atom is -0.362 e. The van der Waals surface area contributed by atoms with Gasteiger partial charge < -0.3 is 10.2 Å². The van der Waals surface area contributed by atoms with E-state index in [1.165, 1.54) is 6.07 Å². The number of rotatable bonds is 5. The monoisotopic (exact) mass is 385 g/mol.